The molecule has 0 spiro atoms. The van der Waals surface area contributed by atoms with Gasteiger partial charge in [-0.25, -0.2) is 9.37 Å². The molecule has 3 rings (SSSR count). The summed E-state index contributed by atoms with van der Waals surface area (Å²) in [6.07, 6.45) is -4.44. The van der Waals surface area contributed by atoms with Crippen LogP contribution < -0.4 is 4.74 Å². The molecule has 136 valence electrons. The van der Waals surface area contributed by atoms with Gasteiger partial charge in [0.15, 0.2) is 0 Å². The van der Waals surface area contributed by atoms with Crippen LogP contribution in [-0.4, -0.2) is 10.6 Å². The van der Waals surface area contributed by atoms with Gasteiger partial charge in [-0.15, -0.1) is 0 Å². The number of rotatable bonds is 2. The second-order valence-corrected chi connectivity index (χ2v) is 6.96. The molecule has 0 aliphatic carbocycles. The topological polar surface area (TPSA) is 22.1 Å². The zero-order valence-corrected chi connectivity index (χ0v) is 14.5. The number of alkyl halides is 3. The van der Waals surface area contributed by atoms with Crippen LogP contribution in [0.15, 0.2) is 48.5 Å². The molecule has 0 amide bonds. The number of benzene rings is 2. The molecule has 0 bridgehead atoms. The first kappa shape index (κ1) is 18.2. The fourth-order valence-corrected chi connectivity index (χ4v) is 2.58. The van der Waals surface area contributed by atoms with Crippen molar-refractivity contribution in [1.29, 1.82) is 0 Å². The first-order valence-corrected chi connectivity index (χ1v) is 8.00. The Kier molecular flexibility index (Phi) is 4.38. The fraction of sp³-hybridized carbons (Fsp3) is 0.250. The molecule has 1 heterocycles. The van der Waals surface area contributed by atoms with E-state index in [4.69, 9.17) is 4.74 Å². The van der Waals surface area contributed by atoms with E-state index in [9.17, 15) is 17.6 Å². The van der Waals surface area contributed by atoms with Gasteiger partial charge in [0.2, 0.25) is 0 Å². The number of fused-ring (bicyclic) bond motifs is 1. The lowest BCUT2D eigenvalue weighted by Gasteiger charge is -2.23. The van der Waals surface area contributed by atoms with E-state index in [0.717, 1.165) is 12.1 Å². The minimum Gasteiger partial charge on any atom is -0.487 e. The highest BCUT2D eigenvalue weighted by molar-refractivity contribution is 5.88. The normalized spacial score (nSPS) is 12.4. The third-order valence-corrected chi connectivity index (χ3v) is 3.63. The number of nitrogens with zero attached hydrogens (tertiary/aromatic N) is 1. The van der Waals surface area contributed by atoms with Crippen LogP contribution in [0.25, 0.3) is 22.2 Å². The Balaban J connectivity index is 2.20. The molecular weight excluding hydrogens is 346 g/mol. The van der Waals surface area contributed by atoms with E-state index >= 15 is 0 Å². The van der Waals surface area contributed by atoms with Gasteiger partial charge >= 0.3 is 6.18 Å². The summed E-state index contributed by atoms with van der Waals surface area (Å²) in [5.74, 6) is -0.0701. The van der Waals surface area contributed by atoms with Gasteiger partial charge in [0.1, 0.15) is 17.2 Å². The Morgan fingerprint density at radius 1 is 0.923 bits per heavy atom. The van der Waals surface area contributed by atoms with Crippen molar-refractivity contribution in [3.05, 3.63) is 59.9 Å². The van der Waals surface area contributed by atoms with Crippen molar-refractivity contribution in [1.82, 2.24) is 4.98 Å². The Morgan fingerprint density at radius 3 is 2.31 bits per heavy atom. The molecule has 6 heteroatoms. The first-order chi connectivity index (χ1) is 12.0. The van der Waals surface area contributed by atoms with Crippen LogP contribution >= 0.6 is 0 Å². The van der Waals surface area contributed by atoms with Crippen molar-refractivity contribution in [2.24, 2.45) is 0 Å². The molecule has 0 saturated carbocycles. The van der Waals surface area contributed by atoms with Crippen molar-refractivity contribution in [2.45, 2.75) is 32.5 Å². The summed E-state index contributed by atoms with van der Waals surface area (Å²) in [5.41, 5.74) is -0.236. The van der Waals surface area contributed by atoms with E-state index in [2.05, 4.69) is 4.98 Å². The number of hydrogen-bond acceptors (Lipinski definition) is 2. The third-order valence-electron chi connectivity index (χ3n) is 3.63. The summed E-state index contributed by atoms with van der Waals surface area (Å²) in [4.78, 5) is 4.39. The Hall–Kier alpha value is -2.63. The van der Waals surface area contributed by atoms with Crippen molar-refractivity contribution in [2.75, 3.05) is 0 Å². The second kappa shape index (κ2) is 6.27. The van der Waals surface area contributed by atoms with E-state index < -0.39 is 23.2 Å². The van der Waals surface area contributed by atoms with E-state index in [-0.39, 0.29) is 0 Å². The molecular formula is C20H17F4NO. The van der Waals surface area contributed by atoms with Crippen molar-refractivity contribution in [3.8, 4) is 17.0 Å². The molecule has 1 aromatic heterocycles. The maximum atomic E-state index is 13.6. The van der Waals surface area contributed by atoms with Crippen molar-refractivity contribution < 1.29 is 22.3 Å². The van der Waals surface area contributed by atoms with Crippen LogP contribution in [-0.2, 0) is 6.18 Å². The van der Waals surface area contributed by atoms with Crippen LogP contribution in [0.4, 0.5) is 17.6 Å². The lowest BCUT2D eigenvalue weighted by molar-refractivity contribution is -0.137. The van der Waals surface area contributed by atoms with Gasteiger partial charge in [-0.1, -0.05) is 12.1 Å². The first-order valence-electron chi connectivity index (χ1n) is 8.00. The molecule has 2 nitrogen and oxygen atoms in total. The van der Waals surface area contributed by atoms with Gasteiger partial charge in [0.25, 0.3) is 0 Å². The van der Waals surface area contributed by atoms with Crippen LogP contribution in [0.3, 0.4) is 0 Å². The number of hydrogen-bond donors (Lipinski definition) is 0. The molecule has 3 aromatic rings. The highest BCUT2D eigenvalue weighted by Gasteiger charge is 2.30. The zero-order valence-electron chi connectivity index (χ0n) is 14.5. The molecule has 0 aliphatic heterocycles. The van der Waals surface area contributed by atoms with Gasteiger partial charge in [-0.2, -0.15) is 13.2 Å². The van der Waals surface area contributed by atoms with E-state index in [1.54, 1.807) is 12.1 Å². The van der Waals surface area contributed by atoms with Gasteiger partial charge in [-0.05, 0) is 51.1 Å². The number of halogens is 4. The molecule has 2 aromatic carbocycles. The molecule has 0 N–H and O–H groups in total. The lowest BCUT2D eigenvalue weighted by atomic mass is 10.0. The van der Waals surface area contributed by atoms with Crippen LogP contribution in [0, 0.1) is 5.82 Å². The summed E-state index contributed by atoms with van der Waals surface area (Å²) in [6.45, 7) is 5.51. The molecule has 0 atom stereocenters. The summed E-state index contributed by atoms with van der Waals surface area (Å²) < 4.78 is 58.5. The van der Waals surface area contributed by atoms with Crippen LogP contribution in [0.1, 0.15) is 26.3 Å². The number of aromatic nitrogens is 1. The van der Waals surface area contributed by atoms with Crippen LogP contribution in [0.5, 0.6) is 5.75 Å². The third kappa shape index (κ3) is 3.95. The maximum absolute atomic E-state index is 13.6. The zero-order chi connectivity index (χ0) is 19.1. The predicted molar refractivity (Wildman–Crippen MR) is 92.5 cm³/mol. The van der Waals surface area contributed by atoms with Crippen molar-refractivity contribution >= 4 is 10.9 Å². The maximum Gasteiger partial charge on any atom is 0.416 e. The van der Waals surface area contributed by atoms with Crippen molar-refractivity contribution in [3.63, 3.8) is 0 Å². The summed E-state index contributed by atoms with van der Waals surface area (Å²) >= 11 is 0. The Labute approximate surface area is 148 Å². The molecule has 0 fully saturated rings. The average Bonchev–Trinajstić information content (AvgIpc) is 2.53. The standard InChI is InChI=1S/C20H17F4NO/c1-19(2,3)26-18-11-17(25-16-8-7-14(21)10-15(16)18)12-5-4-6-13(9-12)20(22,23)24/h4-11H,1-3H3. The number of ether oxygens (including phenoxy) is 1. The van der Waals surface area contributed by atoms with Gasteiger partial charge < -0.3 is 4.74 Å². The molecule has 0 aliphatic rings. The number of pyridine rings is 1. The summed E-state index contributed by atoms with van der Waals surface area (Å²) in [7, 11) is 0. The summed E-state index contributed by atoms with van der Waals surface area (Å²) in [6, 6.07) is 10.5. The Morgan fingerprint density at radius 2 is 1.65 bits per heavy atom. The molecule has 0 unspecified atom stereocenters. The van der Waals surface area contributed by atoms with Gasteiger partial charge in [-0.3, -0.25) is 0 Å². The Bertz CT molecular complexity index is 958. The van der Waals surface area contributed by atoms with E-state index in [0.29, 0.717) is 27.9 Å². The minimum absolute atomic E-state index is 0.310. The highest BCUT2D eigenvalue weighted by Crippen LogP contribution is 2.35. The monoisotopic (exact) mass is 363 g/mol. The lowest BCUT2D eigenvalue weighted by Crippen LogP contribution is -2.23. The quantitative estimate of drug-likeness (QED) is 0.503. The fourth-order valence-electron chi connectivity index (χ4n) is 2.58. The van der Waals surface area contributed by atoms with E-state index in [1.165, 1.54) is 24.3 Å². The highest BCUT2D eigenvalue weighted by atomic mass is 19.4. The molecule has 0 saturated heterocycles. The summed E-state index contributed by atoms with van der Waals surface area (Å²) in [5, 5.41) is 0.468. The minimum atomic E-state index is -4.44. The molecule has 0 radical (unpaired) electrons. The van der Waals surface area contributed by atoms with Gasteiger partial charge in [0.05, 0.1) is 16.8 Å². The van der Waals surface area contributed by atoms with Crippen LogP contribution in [0.2, 0.25) is 0 Å². The largest absolute Gasteiger partial charge is 0.487 e. The second-order valence-electron chi connectivity index (χ2n) is 6.96. The smallest absolute Gasteiger partial charge is 0.416 e. The predicted octanol–water partition coefficient (Wildman–Crippen LogP) is 6.24. The SMILES string of the molecule is CC(C)(C)Oc1cc(-c2cccc(C(F)(F)F)c2)nc2ccc(F)cc12. The average molecular weight is 363 g/mol. The van der Waals surface area contributed by atoms with E-state index in [1.807, 2.05) is 20.8 Å². The molecule has 26 heavy (non-hydrogen) atoms. The van der Waals surface area contributed by atoms with Gasteiger partial charge in [0, 0.05) is 17.0 Å².